The molecule has 0 saturated heterocycles. The van der Waals surface area contributed by atoms with Gasteiger partial charge in [0.2, 0.25) is 5.91 Å². The first-order valence-electron chi connectivity index (χ1n) is 8.26. The lowest BCUT2D eigenvalue weighted by Crippen LogP contribution is -2.35. The van der Waals surface area contributed by atoms with E-state index in [4.69, 9.17) is 16.1 Å². The van der Waals surface area contributed by atoms with E-state index in [1.165, 1.54) is 4.68 Å². The van der Waals surface area contributed by atoms with Crippen LogP contribution in [0.15, 0.2) is 27.5 Å². The van der Waals surface area contributed by atoms with Gasteiger partial charge >= 0.3 is 0 Å². The van der Waals surface area contributed by atoms with E-state index in [0.29, 0.717) is 34.0 Å². The molecule has 3 aromatic rings. The third kappa shape index (κ3) is 3.10. The van der Waals surface area contributed by atoms with Crippen LogP contribution in [0, 0.1) is 20.8 Å². The van der Waals surface area contributed by atoms with Gasteiger partial charge in [-0.05, 0) is 44.9 Å². The second kappa shape index (κ2) is 6.92. The molecule has 1 N–H and O–H groups in total. The number of benzene rings is 1. The quantitative estimate of drug-likeness (QED) is 0.754. The fourth-order valence-electron chi connectivity index (χ4n) is 2.94. The molecule has 1 amide bonds. The first kappa shape index (κ1) is 18.1. The first-order chi connectivity index (χ1) is 12.3. The van der Waals surface area contributed by atoms with Gasteiger partial charge in [-0.1, -0.05) is 29.7 Å². The minimum atomic E-state index is -0.777. The Morgan fingerprint density at radius 1 is 1.35 bits per heavy atom. The maximum Gasteiger partial charge on any atom is 0.297 e. The average molecular weight is 375 g/mol. The van der Waals surface area contributed by atoms with Crippen molar-refractivity contribution in [1.29, 1.82) is 0 Å². The number of rotatable bonds is 4. The highest BCUT2D eigenvalue weighted by Crippen LogP contribution is 2.23. The number of nitrogens with zero attached hydrogens (tertiary/aromatic N) is 3. The highest BCUT2D eigenvalue weighted by molar-refractivity contribution is 6.31. The topological polar surface area (TPSA) is 90.0 Å². The van der Waals surface area contributed by atoms with Crippen molar-refractivity contribution < 1.29 is 9.32 Å². The van der Waals surface area contributed by atoms with Gasteiger partial charge in [-0.2, -0.15) is 5.10 Å². The zero-order valence-electron chi connectivity index (χ0n) is 15.0. The number of nitrogens with one attached hydrogen (secondary N) is 1. The summed E-state index contributed by atoms with van der Waals surface area (Å²) in [6, 6.07) is 4.46. The number of aryl methyl sites for hydroxylation is 3. The van der Waals surface area contributed by atoms with E-state index in [-0.39, 0.29) is 11.4 Å². The first-order valence-corrected chi connectivity index (χ1v) is 8.63. The molecule has 0 radical (unpaired) electrons. The Morgan fingerprint density at radius 2 is 2.08 bits per heavy atom. The van der Waals surface area contributed by atoms with Crippen LogP contribution in [-0.4, -0.2) is 20.8 Å². The molecule has 136 valence electrons. The van der Waals surface area contributed by atoms with E-state index in [9.17, 15) is 9.59 Å². The van der Waals surface area contributed by atoms with Gasteiger partial charge in [0.1, 0.15) is 11.8 Å². The predicted molar refractivity (Wildman–Crippen MR) is 99.7 cm³/mol. The van der Waals surface area contributed by atoms with Crippen LogP contribution in [0.25, 0.3) is 10.9 Å². The van der Waals surface area contributed by atoms with E-state index in [0.717, 1.165) is 5.56 Å². The van der Waals surface area contributed by atoms with Gasteiger partial charge in [0.15, 0.2) is 5.52 Å². The van der Waals surface area contributed by atoms with Crippen molar-refractivity contribution in [3.05, 3.63) is 50.6 Å². The molecule has 0 aliphatic heterocycles. The summed E-state index contributed by atoms with van der Waals surface area (Å²) < 4.78 is 6.29. The third-order valence-electron chi connectivity index (χ3n) is 4.33. The number of fused-ring (bicyclic) bond motifs is 1. The van der Waals surface area contributed by atoms with Crippen molar-refractivity contribution in [1.82, 2.24) is 14.9 Å². The number of hydrogen-bond acceptors (Lipinski definition) is 5. The number of amides is 1. The molecule has 0 fully saturated rings. The van der Waals surface area contributed by atoms with Crippen molar-refractivity contribution in [3.8, 4) is 0 Å². The van der Waals surface area contributed by atoms with Gasteiger partial charge in [-0.3, -0.25) is 9.59 Å². The van der Waals surface area contributed by atoms with Crippen molar-refractivity contribution in [3.63, 3.8) is 0 Å². The summed E-state index contributed by atoms with van der Waals surface area (Å²) in [5.41, 5.74) is 1.79. The average Bonchev–Trinajstić information content (AvgIpc) is 2.98. The molecule has 0 saturated carbocycles. The van der Waals surface area contributed by atoms with Crippen LogP contribution in [0.1, 0.15) is 36.4 Å². The molecule has 7 nitrogen and oxygen atoms in total. The Bertz CT molecular complexity index is 1050. The molecule has 0 aliphatic carbocycles. The van der Waals surface area contributed by atoms with Crippen LogP contribution in [0.5, 0.6) is 0 Å². The summed E-state index contributed by atoms with van der Waals surface area (Å²) in [6.07, 6.45) is 0.389. The predicted octanol–water partition coefficient (Wildman–Crippen LogP) is 3.55. The van der Waals surface area contributed by atoms with Crippen LogP contribution in [0.2, 0.25) is 5.02 Å². The summed E-state index contributed by atoms with van der Waals surface area (Å²) in [7, 11) is 0. The van der Waals surface area contributed by atoms with E-state index in [2.05, 4.69) is 15.6 Å². The van der Waals surface area contributed by atoms with E-state index in [1.54, 1.807) is 26.0 Å². The minimum absolute atomic E-state index is 0.181. The van der Waals surface area contributed by atoms with E-state index >= 15 is 0 Å². The Kier molecular flexibility index (Phi) is 4.82. The minimum Gasteiger partial charge on any atom is -0.360 e. The van der Waals surface area contributed by atoms with Gasteiger partial charge in [0, 0.05) is 10.7 Å². The summed E-state index contributed by atoms with van der Waals surface area (Å²) in [6.45, 7) is 7.16. The standard InChI is InChI=1S/C18H19ClN4O3/c1-5-14(17(24)20-13-8-12(19)7-6-9(13)2)23-18(25)16-15(10(3)21-23)11(4)26-22-16/h6-8,14H,5H2,1-4H3,(H,20,24)/t14-/m1/s1. The van der Waals surface area contributed by atoms with Gasteiger partial charge in [0.05, 0.1) is 11.1 Å². The second-order valence-corrected chi connectivity index (χ2v) is 6.61. The maximum absolute atomic E-state index is 12.8. The van der Waals surface area contributed by atoms with E-state index in [1.807, 2.05) is 19.9 Å². The molecule has 2 aromatic heterocycles. The molecule has 26 heavy (non-hydrogen) atoms. The molecule has 3 rings (SSSR count). The normalized spacial score (nSPS) is 12.3. The van der Waals surface area contributed by atoms with Crippen LogP contribution in [-0.2, 0) is 4.79 Å². The highest BCUT2D eigenvalue weighted by atomic mass is 35.5. The van der Waals surface area contributed by atoms with Crippen LogP contribution >= 0.6 is 11.6 Å². The van der Waals surface area contributed by atoms with E-state index < -0.39 is 11.6 Å². The number of aromatic nitrogens is 3. The highest BCUT2D eigenvalue weighted by Gasteiger charge is 2.25. The number of halogens is 1. The maximum atomic E-state index is 12.8. The van der Waals surface area contributed by atoms with Crippen LogP contribution < -0.4 is 10.9 Å². The number of carbonyl (C=O) groups is 1. The second-order valence-electron chi connectivity index (χ2n) is 6.17. The van der Waals surface area contributed by atoms with Crippen LogP contribution in [0.4, 0.5) is 5.69 Å². The van der Waals surface area contributed by atoms with Crippen LogP contribution in [0.3, 0.4) is 0 Å². The Hall–Kier alpha value is -2.67. The largest absolute Gasteiger partial charge is 0.360 e. The number of anilines is 1. The molecule has 2 heterocycles. The lowest BCUT2D eigenvalue weighted by atomic mass is 10.1. The van der Waals surface area contributed by atoms with Crippen molar-refractivity contribution in [2.24, 2.45) is 0 Å². The van der Waals surface area contributed by atoms with Gasteiger partial charge in [-0.25, -0.2) is 4.68 Å². The Morgan fingerprint density at radius 3 is 2.77 bits per heavy atom. The SMILES string of the molecule is CC[C@H](C(=O)Nc1cc(Cl)ccc1C)n1nc(C)c2c(C)onc2c1=O. The van der Waals surface area contributed by atoms with Crippen molar-refractivity contribution in [2.75, 3.05) is 5.32 Å². The van der Waals surface area contributed by atoms with Gasteiger partial charge in [0.25, 0.3) is 5.56 Å². The van der Waals surface area contributed by atoms with Gasteiger partial charge in [-0.15, -0.1) is 0 Å². The molecule has 0 unspecified atom stereocenters. The summed E-state index contributed by atoms with van der Waals surface area (Å²) in [5, 5.41) is 12.1. The zero-order valence-corrected chi connectivity index (χ0v) is 15.7. The number of carbonyl (C=O) groups excluding carboxylic acids is 1. The fraction of sp³-hybridized carbons (Fsp3) is 0.333. The molecule has 0 aliphatic rings. The lowest BCUT2D eigenvalue weighted by molar-refractivity contribution is -0.119. The Balaban J connectivity index is 2.02. The molecule has 0 spiro atoms. The Labute approximate surface area is 154 Å². The zero-order chi connectivity index (χ0) is 19.0. The van der Waals surface area contributed by atoms with Crippen molar-refractivity contribution >= 4 is 34.1 Å². The molecule has 8 heteroatoms. The fourth-order valence-corrected chi connectivity index (χ4v) is 3.11. The van der Waals surface area contributed by atoms with Gasteiger partial charge < -0.3 is 9.84 Å². The third-order valence-corrected chi connectivity index (χ3v) is 4.57. The molecule has 0 bridgehead atoms. The molecule has 1 atom stereocenters. The lowest BCUT2D eigenvalue weighted by Gasteiger charge is -2.18. The molecular weight excluding hydrogens is 356 g/mol. The summed E-state index contributed by atoms with van der Waals surface area (Å²) >= 11 is 6.01. The monoisotopic (exact) mass is 374 g/mol. The smallest absolute Gasteiger partial charge is 0.297 e. The van der Waals surface area contributed by atoms with Crippen molar-refractivity contribution in [2.45, 2.75) is 40.2 Å². The molecule has 1 aromatic carbocycles. The molecular formula is C18H19ClN4O3. The summed E-state index contributed by atoms with van der Waals surface area (Å²) in [4.78, 5) is 25.6. The number of hydrogen-bond donors (Lipinski definition) is 1. The summed E-state index contributed by atoms with van der Waals surface area (Å²) in [5.74, 6) is 0.188.